The van der Waals surface area contributed by atoms with Gasteiger partial charge in [-0.05, 0) is 19.4 Å². The first-order chi connectivity index (χ1) is 12.7. The molecule has 1 unspecified atom stereocenters. The molecule has 0 aliphatic carbocycles. The molecule has 1 N–H and O–H groups in total. The Morgan fingerprint density at radius 1 is 0.731 bits per heavy atom. The van der Waals surface area contributed by atoms with Crippen molar-refractivity contribution >= 4 is 5.97 Å². The van der Waals surface area contributed by atoms with Crippen LogP contribution in [-0.4, -0.2) is 25.7 Å². The number of hydrogen-bond donors (Lipinski definition) is 1. The molecule has 3 heteroatoms. The van der Waals surface area contributed by atoms with Gasteiger partial charge in [0.15, 0.2) is 0 Å². The number of methoxy groups -OCH3 is 1. The van der Waals surface area contributed by atoms with Crippen LogP contribution in [-0.2, 0) is 9.53 Å². The summed E-state index contributed by atoms with van der Waals surface area (Å²) in [4.78, 5) is 11.6. The van der Waals surface area contributed by atoms with E-state index in [0.717, 1.165) is 13.0 Å². The molecule has 0 aromatic heterocycles. The molecule has 0 spiro atoms. The Hall–Kier alpha value is -0.570. The molecule has 0 radical (unpaired) electrons. The third-order valence-electron chi connectivity index (χ3n) is 5.26. The molecule has 0 fully saturated rings. The van der Waals surface area contributed by atoms with Crippen LogP contribution in [0.5, 0.6) is 0 Å². The molecule has 0 saturated carbocycles. The molecule has 0 aliphatic heterocycles. The number of rotatable bonds is 20. The maximum absolute atomic E-state index is 11.6. The Morgan fingerprint density at radius 2 is 1.19 bits per heavy atom. The smallest absolute Gasteiger partial charge is 0.307 e. The molecule has 0 rings (SSSR count). The van der Waals surface area contributed by atoms with Gasteiger partial charge in [-0.3, -0.25) is 4.79 Å². The van der Waals surface area contributed by atoms with E-state index in [-0.39, 0.29) is 5.97 Å². The summed E-state index contributed by atoms with van der Waals surface area (Å²) in [6.45, 7) is 5.56. The quantitative estimate of drug-likeness (QED) is 0.190. The van der Waals surface area contributed by atoms with Crippen molar-refractivity contribution in [1.29, 1.82) is 0 Å². The van der Waals surface area contributed by atoms with Crippen molar-refractivity contribution in [2.75, 3.05) is 13.7 Å². The van der Waals surface area contributed by atoms with Crippen molar-refractivity contribution in [3.8, 4) is 0 Å². The zero-order chi connectivity index (χ0) is 19.3. The van der Waals surface area contributed by atoms with Crippen molar-refractivity contribution < 1.29 is 9.53 Å². The Morgan fingerprint density at radius 3 is 1.69 bits per heavy atom. The summed E-state index contributed by atoms with van der Waals surface area (Å²) in [5, 5.41) is 3.61. The fraction of sp³-hybridized carbons (Fsp3) is 0.957. The molecule has 0 bridgehead atoms. The minimum Gasteiger partial charge on any atom is -0.469 e. The number of nitrogens with one attached hydrogen (secondary N) is 1. The summed E-state index contributed by atoms with van der Waals surface area (Å²) >= 11 is 0. The topological polar surface area (TPSA) is 38.3 Å². The predicted octanol–water partition coefficient (Wildman–Crippen LogP) is 6.79. The molecule has 26 heavy (non-hydrogen) atoms. The zero-order valence-corrected chi connectivity index (χ0v) is 18.1. The minimum atomic E-state index is -0.0821. The van der Waals surface area contributed by atoms with Gasteiger partial charge in [0.05, 0.1) is 13.5 Å². The molecular weight excluding hydrogens is 322 g/mol. The Labute approximate surface area is 164 Å². The number of ether oxygens (including phenoxy) is 1. The van der Waals surface area contributed by atoms with Gasteiger partial charge in [0.1, 0.15) is 0 Å². The average Bonchev–Trinajstić information content (AvgIpc) is 2.65. The van der Waals surface area contributed by atoms with Gasteiger partial charge >= 0.3 is 5.97 Å². The van der Waals surface area contributed by atoms with Crippen LogP contribution in [0.1, 0.15) is 123 Å². The third kappa shape index (κ3) is 18.2. The van der Waals surface area contributed by atoms with E-state index >= 15 is 0 Å². The van der Waals surface area contributed by atoms with E-state index in [1.165, 1.54) is 103 Å². The van der Waals surface area contributed by atoms with Crippen molar-refractivity contribution in [1.82, 2.24) is 5.32 Å². The predicted molar refractivity (Wildman–Crippen MR) is 114 cm³/mol. The standard InChI is InChI=1S/C23H47NO2/c1-4-6-8-10-12-14-16-18-20-24-22(21-23(25)26-3)19-17-15-13-11-9-7-5-2/h22,24H,4-21H2,1-3H3. The van der Waals surface area contributed by atoms with Gasteiger partial charge < -0.3 is 10.1 Å². The summed E-state index contributed by atoms with van der Waals surface area (Å²) in [5.74, 6) is -0.0821. The van der Waals surface area contributed by atoms with E-state index in [1.54, 1.807) is 0 Å². The van der Waals surface area contributed by atoms with Crippen LogP contribution in [0.15, 0.2) is 0 Å². The highest BCUT2D eigenvalue weighted by atomic mass is 16.5. The van der Waals surface area contributed by atoms with E-state index in [9.17, 15) is 4.79 Å². The van der Waals surface area contributed by atoms with Crippen molar-refractivity contribution in [2.24, 2.45) is 0 Å². The maximum atomic E-state index is 11.6. The molecule has 1 atom stereocenters. The highest BCUT2D eigenvalue weighted by Crippen LogP contribution is 2.12. The van der Waals surface area contributed by atoms with E-state index < -0.39 is 0 Å². The second-order valence-corrected chi connectivity index (χ2v) is 7.82. The Kier molecular flexibility index (Phi) is 20.3. The van der Waals surface area contributed by atoms with E-state index in [1.807, 2.05) is 0 Å². The van der Waals surface area contributed by atoms with Crippen molar-refractivity contribution in [3.05, 3.63) is 0 Å². The normalized spacial score (nSPS) is 12.3. The summed E-state index contributed by atoms with van der Waals surface area (Å²) in [6, 6.07) is 0.294. The lowest BCUT2D eigenvalue weighted by atomic mass is 10.0. The highest BCUT2D eigenvalue weighted by molar-refractivity contribution is 5.69. The van der Waals surface area contributed by atoms with Gasteiger partial charge in [0.2, 0.25) is 0 Å². The van der Waals surface area contributed by atoms with Crippen LogP contribution in [0.3, 0.4) is 0 Å². The highest BCUT2D eigenvalue weighted by Gasteiger charge is 2.13. The number of carbonyl (C=O) groups is 1. The molecule has 0 saturated heterocycles. The summed E-state index contributed by atoms with van der Waals surface area (Å²) in [5.41, 5.74) is 0. The molecule has 156 valence electrons. The first-order valence-corrected chi connectivity index (χ1v) is 11.5. The van der Waals surface area contributed by atoms with Crippen LogP contribution in [0.2, 0.25) is 0 Å². The Bertz CT molecular complexity index is 294. The zero-order valence-electron chi connectivity index (χ0n) is 18.1. The lowest BCUT2D eigenvalue weighted by molar-refractivity contribution is -0.141. The number of esters is 1. The van der Waals surface area contributed by atoms with Crippen molar-refractivity contribution in [2.45, 2.75) is 129 Å². The van der Waals surface area contributed by atoms with Crippen LogP contribution in [0.4, 0.5) is 0 Å². The second-order valence-electron chi connectivity index (χ2n) is 7.82. The van der Waals surface area contributed by atoms with E-state index in [4.69, 9.17) is 4.74 Å². The molecule has 0 amide bonds. The third-order valence-corrected chi connectivity index (χ3v) is 5.26. The minimum absolute atomic E-state index is 0.0821. The summed E-state index contributed by atoms with van der Waals surface area (Å²) in [6.07, 6.45) is 21.6. The Balaban J connectivity index is 3.71. The van der Waals surface area contributed by atoms with Crippen molar-refractivity contribution in [3.63, 3.8) is 0 Å². The lowest BCUT2D eigenvalue weighted by Crippen LogP contribution is -2.32. The second kappa shape index (κ2) is 20.7. The summed E-state index contributed by atoms with van der Waals surface area (Å²) in [7, 11) is 1.49. The average molecular weight is 370 g/mol. The van der Waals surface area contributed by atoms with Gasteiger partial charge in [-0.2, -0.15) is 0 Å². The van der Waals surface area contributed by atoms with Gasteiger partial charge in [0, 0.05) is 6.04 Å². The van der Waals surface area contributed by atoms with Gasteiger partial charge in [-0.15, -0.1) is 0 Å². The van der Waals surface area contributed by atoms with Gasteiger partial charge in [-0.25, -0.2) is 0 Å². The van der Waals surface area contributed by atoms with Crippen LogP contribution >= 0.6 is 0 Å². The van der Waals surface area contributed by atoms with E-state index in [0.29, 0.717) is 12.5 Å². The fourth-order valence-electron chi connectivity index (χ4n) is 3.47. The number of carbonyl (C=O) groups excluding carboxylic acids is 1. The molecule has 0 aliphatic rings. The van der Waals surface area contributed by atoms with Gasteiger partial charge in [0.25, 0.3) is 0 Å². The summed E-state index contributed by atoms with van der Waals surface area (Å²) < 4.78 is 4.87. The van der Waals surface area contributed by atoms with E-state index in [2.05, 4.69) is 19.2 Å². The molecule has 0 heterocycles. The van der Waals surface area contributed by atoms with Crippen LogP contribution < -0.4 is 5.32 Å². The first kappa shape index (κ1) is 25.4. The van der Waals surface area contributed by atoms with Crippen LogP contribution in [0, 0.1) is 0 Å². The molecule has 0 aromatic carbocycles. The molecular formula is C23H47NO2. The van der Waals surface area contributed by atoms with Crippen LogP contribution in [0.25, 0.3) is 0 Å². The largest absolute Gasteiger partial charge is 0.469 e. The SMILES string of the molecule is CCCCCCCCCCNC(CCCCCCCCC)CC(=O)OC. The van der Waals surface area contributed by atoms with Gasteiger partial charge in [-0.1, -0.05) is 104 Å². The maximum Gasteiger partial charge on any atom is 0.307 e. The monoisotopic (exact) mass is 369 g/mol. The fourth-order valence-corrected chi connectivity index (χ4v) is 3.47. The first-order valence-electron chi connectivity index (χ1n) is 11.5. The number of unbranched alkanes of at least 4 members (excludes halogenated alkanes) is 13. The number of hydrogen-bond acceptors (Lipinski definition) is 3. The molecule has 0 aromatic rings. The lowest BCUT2D eigenvalue weighted by Gasteiger charge is -2.17. The molecule has 3 nitrogen and oxygen atoms in total.